The van der Waals surface area contributed by atoms with E-state index in [9.17, 15) is 0 Å². The van der Waals surface area contributed by atoms with Crippen molar-refractivity contribution < 1.29 is 0 Å². The molecule has 3 heteroatoms. The lowest BCUT2D eigenvalue weighted by molar-refractivity contribution is 0.690. The van der Waals surface area contributed by atoms with Crippen molar-refractivity contribution in [3.05, 3.63) is 68.7 Å². The van der Waals surface area contributed by atoms with E-state index in [1.54, 1.807) is 0 Å². The van der Waals surface area contributed by atoms with Crippen molar-refractivity contribution in [3.8, 4) is 0 Å². The largest absolute Gasteiger partial charge is 0.309 e. The summed E-state index contributed by atoms with van der Waals surface area (Å²) in [6, 6.07) is 12.7. The highest BCUT2D eigenvalue weighted by Crippen LogP contribution is 2.29. The Morgan fingerprint density at radius 3 is 2.05 bits per heavy atom. The van der Waals surface area contributed by atoms with E-state index in [1.807, 2.05) is 25.2 Å². The summed E-state index contributed by atoms with van der Waals surface area (Å²) in [5.41, 5.74) is 5.21. The second kappa shape index (κ2) is 7.31. The zero-order valence-electron chi connectivity index (χ0n) is 12.7. The van der Waals surface area contributed by atoms with E-state index >= 15 is 0 Å². The van der Waals surface area contributed by atoms with Crippen LogP contribution in [-0.4, -0.2) is 7.05 Å². The van der Waals surface area contributed by atoms with Gasteiger partial charge in [0.1, 0.15) is 0 Å². The molecule has 0 spiro atoms. The van der Waals surface area contributed by atoms with Gasteiger partial charge < -0.3 is 5.32 Å². The molecule has 1 atom stereocenters. The fourth-order valence-electron chi connectivity index (χ4n) is 2.72. The van der Waals surface area contributed by atoms with E-state index in [0.717, 1.165) is 18.4 Å². The Hall–Kier alpha value is -1.02. The highest BCUT2D eigenvalue weighted by Gasteiger charge is 2.14. The van der Waals surface area contributed by atoms with Crippen molar-refractivity contribution in [1.82, 2.24) is 5.32 Å². The van der Waals surface area contributed by atoms with Gasteiger partial charge in [-0.1, -0.05) is 61.3 Å². The number of rotatable bonds is 5. The zero-order chi connectivity index (χ0) is 15.4. The van der Waals surface area contributed by atoms with Crippen LogP contribution in [0.15, 0.2) is 36.4 Å². The first-order chi connectivity index (χ1) is 10.1. The van der Waals surface area contributed by atoms with Gasteiger partial charge in [-0.25, -0.2) is 0 Å². The topological polar surface area (TPSA) is 12.0 Å². The molecule has 0 saturated carbocycles. The Labute approximate surface area is 137 Å². The van der Waals surface area contributed by atoms with E-state index < -0.39 is 0 Å². The Balaban J connectivity index is 2.43. The molecule has 0 bridgehead atoms. The average Bonchev–Trinajstić information content (AvgIpc) is 2.51. The fourth-order valence-corrected chi connectivity index (χ4v) is 3.02. The Morgan fingerprint density at radius 2 is 1.48 bits per heavy atom. The Bertz CT molecular complexity index is 623. The minimum Gasteiger partial charge on any atom is -0.309 e. The molecule has 112 valence electrons. The number of hydrogen-bond donors (Lipinski definition) is 1. The van der Waals surface area contributed by atoms with Crippen LogP contribution in [0.1, 0.15) is 42.1 Å². The highest BCUT2D eigenvalue weighted by molar-refractivity contribution is 6.42. The van der Waals surface area contributed by atoms with Crippen LogP contribution in [0.3, 0.4) is 0 Å². The van der Waals surface area contributed by atoms with Crippen molar-refractivity contribution in [2.45, 2.75) is 32.7 Å². The van der Waals surface area contributed by atoms with E-state index in [1.165, 1.54) is 16.7 Å². The number of halogens is 2. The molecular formula is C18H21Cl2N. The van der Waals surface area contributed by atoms with Gasteiger partial charge in [0.25, 0.3) is 0 Å². The number of aryl methyl sites for hydroxylation is 2. The lowest BCUT2D eigenvalue weighted by Crippen LogP contribution is -2.18. The molecule has 0 saturated heterocycles. The van der Waals surface area contributed by atoms with E-state index in [0.29, 0.717) is 10.0 Å². The molecule has 1 nitrogen and oxygen atoms in total. The van der Waals surface area contributed by atoms with Gasteiger partial charge in [-0.3, -0.25) is 0 Å². The van der Waals surface area contributed by atoms with E-state index in [-0.39, 0.29) is 6.04 Å². The predicted octanol–water partition coefficient (Wildman–Crippen LogP) is 5.43. The molecule has 2 aromatic carbocycles. The molecule has 0 fully saturated rings. The minimum atomic E-state index is 0.121. The highest BCUT2D eigenvalue weighted by atomic mass is 35.5. The second-order valence-electron chi connectivity index (χ2n) is 5.13. The fraction of sp³-hybridized carbons (Fsp3) is 0.333. The van der Waals surface area contributed by atoms with Gasteiger partial charge >= 0.3 is 0 Å². The number of nitrogens with one attached hydrogen (secondary N) is 1. The van der Waals surface area contributed by atoms with E-state index in [2.05, 4.69) is 37.4 Å². The van der Waals surface area contributed by atoms with Crippen LogP contribution in [0.5, 0.6) is 0 Å². The molecule has 1 unspecified atom stereocenters. The van der Waals surface area contributed by atoms with Crippen LogP contribution in [0.2, 0.25) is 10.0 Å². The van der Waals surface area contributed by atoms with Crippen molar-refractivity contribution in [2.75, 3.05) is 7.05 Å². The summed E-state index contributed by atoms with van der Waals surface area (Å²) in [7, 11) is 1.96. The first-order valence-electron chi connectivity index (χ1n) is 7.34. The number of hydrogen-bond acceptors (Lipinski definition) is 1. The molecule has 1 N–H and O–H groups in total. The lowest BCUT2D eigenvalue weighted by atomic mass is 9.93. The average molecular weight is 322 g/mol. The van der Waals surface area contributed by atoms with Gasteiger partial charge in [0.2, 0.25) is 0 Å². The van der Waals surface area contributed by atoms with Crippen LogP contribution < -0.4 is 5.32 Å². The third-order valence-corrected chi connectivity index (χ3v) is 4.63. The summed E-state index contributed by atoms with van der Waals surface area (Å²) in [5, 5.41) is 4.55. The molecule has 0 aliphatic rings. The summed E-state index contributed by atoms with van der Waals surface area (Å²) in [6.07, 6.45) is 2.12. The van der Waals surface area contributed by atoms with Gasteiger partial charge in [-0.2, -0.15) is 0 Å². The smallest absolute Gasteiger partial charge is 0.0595 e. The van der Waals surface area contributed by atoms with Crippen LogP contribution in [0, 0.1) is 0 Å². The maximum atomic E-state index is 6.15. The summed E-state index contributed by atoms with van der Waals surface area (Å²) >= 11 is 12.2. The molecule has 0 aromatic heterocycles. The lowest BCUT2D eigenvalue weighted by Gasteiger charge is -2.20. The van der Waals surface area contributed by atoms with Gasteiger partial charge in [0, 0.05) is 0 Å². The van der Waals surface area contributed by atoms with Crippen LogP contribution in [0.25, 0.3) is 0 Å². The zero-order valence-corrected chi connectivity index (χ0v) is 14.2. The summed E-state index contributed by atoms with van der Waals surface area (Å²) in [6.45, 7) is 4.40. The van der Waals surface area contributed by atoms with E-state index in [4.69, 9.17) is 23.2 Å². The predicted molar refractivity (Wildman–Crippen MR) is 92.6 cm³/mol. The first-order valence-corrected chi connectivity index (χ1v) is 8.10. The van der Waals surface area contributed by atoms with Gasteiger partial charge in [0.05, 0.1) is 16.1 Å². The van der Waals surface area contributed by atoms with Crippen LogP contribution >= 0.6 is 23.2 Å². The summed E-state index contributed by atoms with van der Waals surface area (Å²) < 4.78 is 0. The molecule has 21 heavy (non-hydrogen) atoms. The van der Waals surface area contributed by atoms with Crippen molar-refractivity contribution in [3.63, 3.8) is 0 Å². The van der Waals surface area contributed by atoms with Crippen LogP contribution in [-0.2, 0) is 12.8 Å². The SMILES string of the molecule is CCc1ccc(C(NC)c2ccc(Cl)c(Cl)c2)cc1CC. The Morgan fingerprint density at radius 1 is 0.857 bits per heavy atom. The molecule has 2 aromatic rings. The minimum absolute atomic E-state index is 0.121. The standard InChI is InChI=1S/C18H21Cl2N/c1-4-12-6-7-14(10-13(12)5-2)18(21-3)15-8-9-16(19)17(20)11-15/h6-11,18,21H,4-5H2,1-3H3. The maximum Gasteiger partial charge on any atom is 0.0595 e. The summed E-state index contributed by atoms with van der Waals surface area (Å²) in [5.74, 6) is 0. The van der Waals surface area contributed by atoms with Gasteiger partial charge in [-0.15, -0.1) is 0 Å². The van der Waals surface area contributed by atoms with Crippen molar-refractivity contribution >= 4 is 23.2 Å². The normalized spacial score (nSPS) is 12.4. The second-order valence-corrected chi connectivity index (χ2v) is 5.94. The molecular weight excluding hydrogens is 301 g/mol. The number of benzene rings is 2. The van der Waals surface area contributed by atoms with Gasteiger partial charge in [0.15, 0.2) is 0 Å². The molecule has 0 radical (unpaired) electrons. The van der Waals surface area contributed by atoms with Crippen LogP contribution in [0.4, 0.5) is 0 Å². The third-order valence-electron chi connectivity index (χ3n) is 3.89. The molecule has 0 amide bonds. The van der Waals surface area contributed by atoms with Crippen molar-refractivity contribution in [1.29, 1.82) is 0 Å². The first kappa shape index (κ1) is 16.4. The Kier molecular flexibility index (Phi) is 5.69. The molecule has 2 rings (SSSR count). The quantitative estimate of drug-likeness (QED) is 0.774. The molecule has 0 heterocycles. The van der Waals surface area contributed by atoms with Crippen molar-refractivity contribution in [2.24, 2.45) is 0 Å². The summed E-state index contributed by atoms with van der Waals surface area (Å²) in [4.78, 5) is 0. The van der Waals surface area contributed by atoms with Gasteiger partial charge in [-0.05, 0) is 54.3 Å². The monoisotopic (exact) mass is 321 g/mol. The maximum absolute atomic E-state index is 6.15. The third kappa shape index (κ3) is 3.60. The molecule has 0 aliphatic carbocycles. The molecule has 0 aliphatic heterocycles.